The molecule has 4 N–H and O–H groups in total. The average Bonchev–Trinajstić information content (AvgIpc) is 3.38. The Balaban J connectivity index is 1.60. The van der Waals surface area contributed by atoms with E-state index in [0.29, 0.717) is 18.1 Å². The molecule has 0 aliphatic carbocycles. The van der Waals surface area contributed by atoms with E-state index in [1.165, 1.54) is 5.39 Å². The number of carbonyl (C=O) groups excluding carboxylic acids is 1. The molecule has 37 heavy (non-hydrogen) atoms. The van der Waals surface area contributed by atoms with Crippen molar-refractivity contribution in [2.24, 2.45) is 17.9 Å². The van der Waals surface area contributed by atoms with Crippen LogP contribution >= 0.6 is 0 Å². The summed E-state index contributed by atoms with van der Waals surface area (Å²) >= 11 is 0. The van der Waals surface area contributed by atoms with E-state index in [1.807, 2.05) is 67.0 Å². The van der Waals surface area contributed by atoms with Crippen molar-refractivity contribution in [3.63, 3.8) is 0 Å². The van der Waals surface area contributed by atoms with Crippen molar-refractivity contribution < 1.29 is 4.79 Å². The zero-order valence-electron chi connectivity index (χ0n) is 21.8. The van der Waals surface area contributed by atoms with E-state index < -0.39 is 0 Å². The first-order valence-electron chi connectivity index (χ1n) is 12.2. The summed E-state index contributed by atoms with van der Waals surface area (Å²) in [5, 5.41) is 13.5. The highest BCUT2D eigenvalue weighted by molar-refractivity contribution is 6.06. The number of carbonyl (C=O) groups is 1. The zero-order valence-corrected chi connectivity index (χ0v) is 21.8. The Morgan fingerprint density at radius 3 is 2.59 bits per heavy atom. The quantitative estimate of drug-likeness (QED) is 0.353. The first kappa shape index (κ1) is 24.3. The molecule has 190 valence electrons. The molecule has 1 aliphatic rings. The molecular weight excluding hydrogens is 464 g/mol. The summed E-state index contributed by atoms with van der Waals surface area (Å²) < 4.78 is 4.12. The Hall–Kier alpha value is -4.37. The van der Waals surface area contributed by atoms with E-state index in [0.717, 1.165) is 39.4 Å². The van der Waals surface area contributed by atoms with Gasteiger partial charge in [0.1, 0.15) is 5.69 Å². The lowest BCUT2D eigenvalue weighted by atomic mass is 10.0. The first-order valence-corrected chi connectivity index (χ1v) is 12.2. The molecule has 0 fully saturated rings. The number of amides is 1. The second kappa shape index (κ2) is 9.59. The Kier molecular flexibility index (Phi) is 6.31. The standard InChI is InChI=1S/C28H32N8O/c1-17-21-9-6-7-10-22(21)35(5)26(17)27-24-25(18(2)31-32-28(24)29)33-36(27)20-14-12-19(13-15-20)30-23(37)11-8-16-34(3)4/h6-15,18,31H,16H2,1-5H3,(H2,29,32)(H,30,37)/b11-8+. The smallest absolute Gasteiger partial charge is 0.248 e. The fourth-order valence-corrected chi connectivity index (χ4v) is 4.84. The highest BCUT2D eigenvalue weighted by Crippen LogP contribution is 2.38. The van der Waals surface area contributed by atoms with Gasteiger partial charge in [-0.15, -0.1) is 0 Å². The molecule has 0 spiro atoms. The number of hydrogen-bond donors (Lipinski definition) is 3. The van der Waals surface area contributed by atoms with Crippen molar-refractivity contribution in [3.05, 3.63) is 77.5 Å². The van der Waals surface area contributed by atoms with Crippen molar-refractivity contribution in [2.45, 2.75) is 19.9 Å². The lowest BCUT2D eigenvalue weighted by Crippen LogP contribution is -2.29. The lowest BCUT2D eigenvalue weighted by Gasteiger charge is -2.18. The topological polar surface area (TPSA) is 106 Å². The van der Waals surface area contributed by atoms with Crippen molar-refractivity contribution in [1.82, 2.24) is 24.7 Å². The summed E-state index contributed by atoms with van der Waals surface area (Å²) in [6.07, 6.45) is 3.38. The minimum Gasteiger partial charge on any atom is -0.382 e. The van der Waals surface area contributed by atoms with Crippen LogP contribution in [0.15, 0.2) is 65.8 Å². The van der Waals surface area contributed by atoms with E-state index >= 15 is 0 Å². The van der Waals surface area contributed by atoms with Gasteiger partial charge in [0.05, 0.1) is 28.7 Å². The number of rotatable bonds is 6. The Morgan fingerprint density at radius 2 is 1.89 bits per heavy atom. The molecule has 0 saturated heterocycles. The van der Waals surface area contributed by atoms with Gasteiger partial charge in [0.15, 0.2) is 5.84 Å². The summed E-state index contributed by atoms with van der Waals surface area (Å²) in [6, 6.07) is 15.9. The Bertz CT molecular complexity index is 1500. The number of aryl methyl sites for hydroxylation is 2. The van der Waals surface area contributed by atoms with Crippen molar-refractivity contribution in [3.8, 4) is 17.1 Å². The van der Waals surface area contributed by atoms with Crippen LogP contribution < -0.4 is 16.5 Å². The third kappa shape index (κ3) is 4.38. The second-order valence-electron chi connectivity index (χ2n) is 9.62. The van der Waals surface area contributed by atoms with Crippen LogP contribution in [0.25, 0.3) is 28.0 Å². The molecule has 4 aromatic rings. The van der Waals surface area contributed by atoms with Crippen LogP contribution in [0.5, 0.6) is 0 Å². The molecule has 0 saturated carbocycles. The number of fused-ring (bicyclic) bond motifs is 2. The second-order valence-corrected chi connectivity index (χ2v) is 9.62. The number of hydrazone groups is 1. The van der Waals surface area contributed by atoms with Crippen molar-refractivity contribution >= 4 is 28.3 Å². The summed E-state index contributed by atoms with van der Waals surface area (Å²) in [6.45, 7) is 4.85. The minimum atomic E-state index is -0.167. The Morgan fingerprint density at radius 1 is 1.16 bits per heavy atom. The predicted octanol–water partition coefficient (Wildman–Crippen LogP) is 3.68. The molecule has 2 aromatic heterocycles. The van der Waals surface area contributed by atoms with Gasteiger partial charge in [-0.25, -0.2) is 4.68 Å². The van der Waals surface area contributed by atoms with Crippen LogP contribution in [0.1, 0.15) is 29.8 Å². The van der Waals surface area contributed by atoms with Crippen molar-refractivity contribution in [2.75, 3.05) is 26.0 Å². The molecule has 0 radical (unpaired) electrons. The highest BCUT2D eigenvalue weighted by Gasteiger charge is 2.31. The van der Waals surface area contributed by atoms with E-state index in [9.17, 15) is 4.79 Å². The maximum Gasteiger partial charge on any atom is 0.248 e. The monoisotopic (exact) mass is 496 g/mol. The van der Waals surface area contributed by atoms with E-state index in [-0.39, 0.29) is 11.9 Å². The average molecular weight is 497 g/mol. The fraction of sp³-hybridized carbons (Fsp3) is 0.250. The van der Waals surface area contributed by atoms with Gasteiger partial charge in [-0.2, -0.15) is 10.2 Å². The molecule has 9 nitrogen and oxygen atoms in total. The summed E-state index contributed by atoms with van der Waals surface area (Å²) in [5.74, 6) is 0.243. The molecule has 3 heterocycles. The van der Waals surface area contributed by atoms with E-state index in [4.69, 9.17) is 10.8 Å². The largest absolute Gasteiger partial charge is 0.382 e. The van der Waals surface area contributed by atoms with Gasteiger partial charge in [-0.05, 0) is 63.8 Å². The maximum absolute atomic E-state index is 12.3. The molecule has 5 rings (SSSR count). The molecule has 1 atom stereocenters. The summed E-state index contributed by atoms with van der Waals surface area (Å²) in [4.78, 5) is 14.3. The van der Waals surface area contributed by atoms with Gasteiger partial charge in [-0.3, -0.25) is 10.2 Å². The van der Waals surface area contributed by atoms with E-state index in [2.05, 4.69) is 52.6 Å². The minimum absolute atomic E-state index is 0.0928. The van der Waals surface area contributed by atoms with E-state index in [1.54, 1.807) is 6.08 Å². The maximum atomic E-state index is 12.3. The molecule has 1 unspecified atom stereocenters. The normalized spacial score (nSPS) is 15.2. The number of aromatic nitrogens is 3. The number of anilines is 1. The van der Waals surface area contributed by atoms with Crippen LogP contribution in [-0.2, 0) is 11.8 Å². The van der Waals surface area contributed by atoms with Crippen molar-refractivity contribution in [1.29, 1.82) is 0 Å². The zero-order chi connectivity index (χ0) is 26.3. The van der Waals surface area contributed by atoms with Gasteiger partial charge in [0, 0.05) is 36.3 Å². The predicted molar refractivity (Wildman–Crippen MR) is 149 cm³/mol. The summed E-state index contributed by atoms with van der Waals surface area (Å²) in [5.41, 5.74) is 17.0. The van der Waals surface area contributed by atoms with Gasteiger partial charge in [0.2, 0.25) is 5.91 Å². The third-order valence-electron chi connectivity index (χ3n) is 6.66. The Labute approximate surface area is 216 Å². The number of nitrogens with two attached hydrogens (primary N) is 1. The third-order valence-corrected chi connectivity index (χ3v) is 6.66. The van der Waals surface area contributed by atoms with Gasteiger partial charge < -0.3 is 20.5 Å². The SMILES string of the molecule is Cc1c(-c2c3c(nn2-c2ccc(NC(=O)/C=C/CN(C)C)cc2)C(C)NN=C3N)n(C)c2ccccc12. The van der Waals surface area contributed by atoms with Crippen LogP contribution in [0, 0.1) is 6.92 Å². The molecule has 1 amide bonds. The van der Waals surface area contributed by atoms with Crippen LogP contribution in [0.2, 0.25) is 0 Å². The molecule has 0 bridgehead atoms. The van der Waals surface area contributed by atoms with Gasteiger partial charge in [0.25, 0.3) is 0 Å². The molecule has 9 heteroatoms. The number of nitrogens with one attached hydrogen (secondary N) is 2. The first-order chi connectivity index (χ1) is 17.8. The van der Waals surface area contributed by atoms with Crippen LogP contribution in [-0.4, -0.2) is 51.6 Å². The summed E-state index contributed by atoms with van der Waals surface area (Å²) in [7, 11) is 5.98. The number of benzene rings is 2. The number of amidine groups is 1. The highest BCUT2D eigenvalue weighted by atomic mass is 16.1. The van der Waals surface area contributed by atoms with Gasteiger partial charge >= 0.3 is 0 Å². The van der Waals surface area contributed by atoms with Crippen LogP contribution in [0.3, 0.4) is 0 Å². The number of likely N-dealkylation sites (N-methyl/N-ethyl adjacent to an activating group) is 1. The molecular formula is C28H32N8O. The van der Waals surface area contributed by atoms with Crippen LogP contribution in [0.4, 0.5) is 5.69 Å². The number of hydrogen-bond acceptors (Lipinski definition) is 6. The lowest BCUT2D eigenvalue weighted by molar-refractivity contribution is -0.111. The molecule has 2 aromatic carbocycles. The fourth-order valence-electron chi connectivity index (χ4n) is 4.84. The van der Waals surface area contributed by atoms with Gasteiger partial charge in [-0.1, -0.05) is 24.3 Å². The number of para-hydroxylation sites is 1. The molecule has 1 aliphatic heterocycles. The number of nitrogens with zero attached hydrogens (tertiary/aromatic N) is 5.